The fraction of sp³-hybridized carbons (Fsp3) is 0.562. The third-order valence-electron chi connectivity index (χ3n) is 4.17. The predicted molar refractivity (Wildman–Crippen MR) is 92.2 cm³/mol. The van der Waals surface area contributed by atoms with Crippen molar-refractivity contribution in [3.63, 3.8) is 0 Å². The number of rotatable bonds is 6. The van der Waals surface area contributed by atoms with Crippen LogP contribution in [0.2, 0.25) is 0 Å². The Labute approximate surface area is 145 Å². The summed E-state index contributed by atoms with van der Waals surface area (Å²) in [6.45, 7) is 3.25. The molecule has 130 valence electrons. The fourth-order valence-corrected chi connectivity index (χ4v) is 3.58. The van der Waals surface area contributed by atoms with Crippen LogP contribution in [0.1, 0.15) is 27.7 Å². The van der Waals surface area contributed by atoms with Gasteiger partial charge in [0.1, 0.15) is 5.69 Å². The standard InChI is InChI=1S/C16H23N5O2S/c1-19(2)5-6-23-10-13-8-21(16(22)12-4-7-24-11-12)9-14-15(13)20(3)18-17-14/h4,7,11,13H,5-6,8-10H2,1-3H3. The highest BCUT2D eigenvalue weighted by Crippen LogP contribution is 2.28. The second-order valence-electron chi connectivity index (χ2n) is 6.32. The number of carbonyl (C=O) groups excluding carboxylic acids is 1. The van der Waals surface area contributed by atoms with Gasteiger partial charge in [0.2, 0.25) is 0 Å². The second-order valence-corrected chi connectivity index (χ2v) is 7.10. The molecule has 2 aromatic rings. The number of aryl methyl sites for hydroxylation is 1. The molecule has 1 aliphatic heterocycles. The van der Waals surface area contributed by atoms with Crippen molar-refractivity contribution in [1.29, 1.82) is 0 Å². The van der Waals surface area contributed by atoms with Crippen molar-refractivity contribution in [1.82, 2.24) is 24.8 Å². The average Bonchev–Trinajstić information content (AvgIpc) is 3.21. The van der Waals surface area contributed by atoms with Crippen LogP contribution in [0.15, 0.2) is 16.8 Å². The lowest BCUT2D eigenvalue weighted by molar-refractivity contribution is 0.0614. The van der Waals surface area contributed by atoms with Gasteiger partial charge >= 0.3 is 0 Å². The summed E-state index contributed by atoms with van der Waals surface area (Å²) in [5, 5.41) is 12.2. The van der Waals surface area contributed by atoms with Gasteiger partial charge in [-0.05, 0) is 25.5 Å². The van der Waals surface area contributed by atoms with Gasteiger partial charge < -0.3 is 14.5 Å². The minimum Gasteiger partial charge on any atom is -0.379 e. The summed E-state index contributed by atoms with van der Waals surface area (Å²) in [5.74, 6) is 0.143. The van der Waals surface area contributed by atoms with Gasteiger partial charge in [0.15, 0.2) is 0 Å². The van der Waals surface area contributed by atoms with Crippen molar-refractivity contribution in [2.24, 2.45) is 7.05 Å². The van der Waals surface area contributed by atoms with Crippen LogP contribution in [0.3, 0.4) is 0 Å². The van der Waals surface area contributed by atoms with Crippen LogP contribution in [0.4, 0.5) is 0 Å². The highest BCUT2D eigenvalue weighted by molar-refractivity contribution is 7.08. The molecule has 3 rings (SSSR count). The number of hydrogen-bond acceptors (Lipinski definition) is 6. The summed E-state index contributed by atoms with van der Waals surface area (Å²) in [6.07, 6.45) is 0. The Balaban J connectivity index is 1.72. The van der Waals surface area contributed by atoms with Gasteiger partial charge in [-0.25, -0.2) is 0 Å². The molecule has 1 amide bonds. The van der Waals surface area contributed by atoms with Gasteiger partial charge in [0.25, 0.3) is 5.91 Å². The molecule has 0 radical (unpaired) electrons. The van der Waals surface area contributed by atoms with Crippen molar-refractivity contribution in [3.05, 3.63) is 33.8 Å². The molecular weight excluding hydrogens is 326 g/mol. The van der Waals surface area contributed by atoms with Crippen LogP contribution in [-0.2, 0) is 18.3 Å². The largest absolute Gasteiger partial charge is 0.379 e. The summed E-state index contributed by atoms with van der Waals surface area (Å²) in [5.41, 5.74) is 2.68. The Morgan fingerprint density at radius 1 is 1.50 bits per heavy atom. The maximum absolute atomic E-state index is 12.7. The smallest absolute Gasteiger partial charge is 0.255 e. The quantitative estimate of drug-likeness (QED) is 0.733. The van der Waals surface area contributed by atoms with Gasteiger partial charge in [0.05, 0.1) is 31.0 Å². The normalized spacial score (nSPS) is 17.3. The maximum atomic E-state index is 12.7. The van der Waals surface area contributed by atoms with Gasteiger partial charge in [0, 0.05) is 31.4 Å². The third-order valence-corrected chi connectivity index (χ3v) is 4.85. The monoisotopic (exact) mass is 349 g/mol. The lowest BCUT2D eigenvalue weighted by atomic mass is 9.98. The number of fused-ring (bicyclic) bond motifs is 1. The molecule has 0 fully saturated rings. The topological polar surface area (TPSA) is 63.5 Å². The number of likely N-dealkylation sites (N-methyl/N-ethyl adjacent to an activating group) is 1. The van der Waals surface area contributed by atoms with Crippen LogP contribution < -0.4 is 0 Å². The zero-order valence-corrected chi connectivity index (χ0v) is 15.1. The zero-order chi connectivity index (χ0) is 17.1. The molecule has 7 nitrogen and oxygen atoms in total. The van der Waals surface area contributed by atoms with Gasteiger partial charge in [-0.15, -0.1) is 5.10 Å². The molecule has 0 N–H and O–H groups in total. The molecule has 2 aromatic heterocycles. The summed E-state index contributed by atoms with van der Waals surface area (Å²) in [7, 11) is 5.94. The van der Waals surface area contributed by atoms with Crippen LogP contribution in [0.25, 0.3) is 0 Å². The van der Waals surface area contributed by atoms with Gasteiger partial charge in [-0.2, -0.15) is 11.3 Å². The maximum Gasteiger partial charge on any atom is 0.255 e. The van der Waals surface area contributed by atoms with E-state index in [4.69, 9.17) is 4.74 Å². The lowest BCUT2D eigenvalue weighted by Gasteiger charge is -2.32. The molecule has 1 aliphatic rings. The number of amides is 1. The van der Waals surface area contributed by atoms with E-state index < -0.39 is 0 Å². The summed E-state index contributed by atoms with van der Waals surface area (Å²) >= 11 is 1.53. The summed E-state index contributed by atoms with van der Waals surface area (Å²) < 4.78 is 7.64. The number of thiophene rings is 1. The van der Waals surface area contributed by atoms with E-state index in [1.807, 2.05) is 47.6 Å². The molecule has 0 saturated heterocycles. The first-order valence-electron chi connectivity index (χ1n) is 7.98. The Morgan fingerprint density at radius 3 is 3.04 bits per heavy atom. The molecule has 8 heteroatoms. The second kappa shape index (κ2) is 7.42. The molecular formula is C16H23N5O2S. The molecule has 0 bridgehead atoms. The highest BCUT2D eigenvalue weighted by Gasteiger charge is 2.32. The lowest BCUT2D eigenvalue weighted by Crippen LogP contribution is -2.40. The van der Waals surface area contributed by atoms with E-state index in [0.717, 1.165) is 23.5 Å². The first-order valence-corrected chi connectivity index (χ1v) is 8.93. The van der Waals surface area contributed by atoms with Crippen LogP contribution in [0.5, 0.6) is 0 Å². The molecule has 24 heavy (non-hydrogen) atoms. The third kappa shape index (κ3) is 3.66. The molecule has 0 aliphatic carbocycles. The average molecular weight is 349 g/mol. The van der Waals surface area contributed by atoms with Crippen molar-refractivity contribution >= 4 is 17.2 Å². The highest BCUT2D eigenvalue weighted by atomic mass is 32.1. The number of ether oxygens (including phenoxy) is 1. The molecule has 0 saturated carbocycles. The summed E-state index contributed by atoms with van der Waals surface area (Å²) in [4.78, 5) is 16.6. The van der Waals surface area contributed by atoms with E-state index in [-0.39, 0.29) is 11.8 Å². The van der Waals surface area contributed by atoms with E-state index >= 15 is 0 Å². The van der Waals surface area contributed by atoms with Crippen molar-refractivity contribution in [3.8, 4) is 0 Å². The molecule has 3 heterocycles. The number of nitrogens with zero attached hydrogens (tertiary/aromatic N) is 5. The fourth-order valence-electron chi connectivity index (χ4n) is 2.95. The number of aromatic nitrogens is 3. The summed E-state index contributed by atoms with van der Waals surface area (Å²) in [6, 6.07) is 1.86. The van der Waals surface area contributed by atoms with E-state index in [0.29, 0.717) is 26.3 Å². The first kappa shape index (κ1) is 17.1. The van der Waals surface area contributed by atoms with Gasteiger partial charge in [-0.1, -0.05) is 5.21 Å². The van der Waals surface area contributed by atoms with E-state index in [1.165, 1.54) is 11.3 Å². The Kier molecular flexibility index (Phi) is 5.27. The predicted octanol–water partition coefficient (Wildman–Crippen LogP) is 1.19. The Hall–Kier alpha value is -1.77. The van der Waals surface area contributed by atoms with Crippen LogP contribution in [0, 0.1) is 0 Å². The SMILES string of the molecule is CN(C)CCOCC1CN(C(=O)c2ccsc2)Cc2nnn(C)c21. The van der Waals surface area contributed by atoms with E-state index in [9.17, 15) is 4.79 Å². The molecule has 1 atom stereocenters. The van der Waals surface area contributed by atoms with Crippen molar-refractivity contribution in [2.45, 2.75) is 12.5 Å². The van der Waals surface area contributed by atoms with E-state index in [1.54, 1.807) is 0 Å². The first-order chi connectivity index (χ1) is 11.6. The van der Waals surface area contributed by atoms with Crippen molar-refractivity contribution < 1.29 is 9.53 Å². The number of carbonyl (C=O) groups is 1. The Bertz CT molecular complexity index is 683. The minimum atomic E-state index is 0.0471. The van der Waals surface area contributed by atoms with Crippen LogP contribution >= 0.6 is 11.3 Å². The van der Waals surface area contributed by atoms with Crippen LogP contribution in [-0.4, -0.2) is 71.1 Å². The Morgan fingerprint density at radius 2 is 2.33 bits per heavy atom. The zero-order valence-electron chi connectivity index (χ0n) is 14.3. The molecule has 1 unspecified atom stereocenters. The molecule has 0 aromatic carbocycles. The molecule has 0 spiro atoms. The minimum absolute atomic E-state index is 0.0471. The van der Waals surface area contributed by atoms with Crippen molar-refractivity contribution in [2.75, 3.05) is 40.4 Å². The number of hydrogen-bond donors (Lipinski definition) is 0. The van der Waals surface area contributed by atoms with E-state index in [2.05, 4.69) is 15.2 Å². The van der Waals surface area contributed by atoms with Gasteiger partial charge in [-0.3, -0.25) is 9.48 Å².